The monoisotopic (exact) mass is 747 g/mol. The molecule has 4 rings (SSSR count). The maximum atomic E-state index is 14.2. The number of cyclic esters (lactones) is 1. The molecule has 12 nitrogen and oxygen atoms in total. The van der Waals surface area contributed by atoms with E-state index in [4.69, 9.17) is 23.7 Å². The Labute approximate surface area is 315 Å². The first-order valence-electron chi connectivity index (χ1n) is 19.8. The Balaban J connectivity index is 1.76. The number of rotatable bonds is 5. The van der Waals surface area contributed by atoms with E-state index in [0.717, 1.165) is 24.8 Å². The number of amides is 1. The van der Waals surface area contributed by atoms with Gasteiger partial charge in [0.05, 0.1) is 24.4 Å². The minimum absolute atomic E-state index is 0.0512. The first-order chi connectivity index (χ1) is 25.1. The van der Waals surface area contributed by atoms with Crippen molar-refractivity contribution >= 4 is 23.4 Å². The van der Waals surface area contributed by atoms with Crippen molar-refractivity contribution in [2.45, 2.75) is 161 Å². The summed E-state index contributed by atoms with van der Waals surface area (Å²) in [5, 5.41) is 23.5. The van der Waals surface area contributed by atoms with Gasteiger partial charge in [0.15, 0.2) is 0 Å². The van der Waals surface area contributed by atoms with Crippen LogP contribution in [-0.2, 0) is 42.9 Å². The fourth-order valence-corrected chi connectivity index (χ4v) is 8.66. The van der Waals surface area contributed by atoms with Crippen molar-refractivity contribution in [3.8, 4) is 0 Å². The summed E-state index contributed by atoms with van der Waals surface area (Å²) < 4.78 is 30.1. The molecule has 0 aromatic rings. The fraction of sp³-hybridized carbons (Fsp3) is 0.805. The quantitative estimate of drug-likeness (QED) is 0.225. The first kappa shape index (κ1) is 43.3. The number of esters is 1. The molecule has 2 N–H and O–H groups in total. The van der Waals surface area contributed by atoms with E-state index >= 15 is 0 Å². The van der Waals surface area contributed by atoms with E-state index in [1.807, 2.05) is 32.9 Å². The number of aliphatic hydroxyl groups is 2. The Morgan fingerprint density at radius 3 is 2.32 bits per heavy atom. The summed E-state index contributed by atoms with van der Waals surface area (Å²) >= 11 is 0. The van der Waals surface area contributed by atoms with Crippen LogP contribution in [0.3, 0.4) is 0 Å². The number of allylic oxidation sites excluding steroid dienone is 2. The average Bonchev–Trinajstić information content (AvgIpc) is 3.14. The molecule has 4 heterocycles. The van der Waals surface area contributed by atoms with Gasteiger partial charge in [0, 0.05) is 51.5 Å². The zero-order valence-electron chi connectivity index (χ0n) is 33.2. The van der Waals surface area contributed by atoms with Gasteiger partial charge in [0.2, 0.25) is 5.79 Å². The lowest BCUT2D eigenvalue weighted by molar-refractivity contribution is -0.302. The number of piperidine rings is 1. The summed E-state index contributed by atoms with van der Waals surface area (Å²) in [5.41, 5.74) is 1.68. The predicted molar refractivity (Wildman–Crippen MR) is 198 cm³/mol. The summed E-state index contributed by atoms with van der Waals surface area (Å²) in [7, 11) is 3.08. The molecule has 2 bridgehead atoms. The number of aliphatic hydroxyl groups excluding tert-OH is 1. The average molecular weight is 748 g/mol. The topological polar surface area (TPSA) is 158 Å². The molecule has 0 radical (unpaired) electrons. The highest BCUT2D eigenvalue weighted by Gasteiger charge is 2.56. The van der Waals surface area contributed by atoms with Gasteiger partial charge in [-0.25, -0.2) is 4.79 Å². The van der Waals surface area contributed by atoms with E-state index in [-0.39, 0.29) is 43.6 Å². The van der Waals surface area contributed by atoms with Gasteiger partial charge in [-0.05, 0) is 89.5 Å². The number of Topliss-reactive ketones (excluding diaryl/α,β-unsaturated/α-hetero) is 2. The van der Waals surface area contributed by atoms with E-state index in [2.05, 4.69) is 6.92 Å². The summed E-state index contributed by atoms with van der Waals surface area (Å²) in [4.78, 5) is 57.3. The van der Waals surface area contributed by atoms with Gasteiger partial charge >= 0.3 is 5.97 Å². The molecule has 0 aromatic heterocycles. The van der Waals surface area contributed by atoms with Crippen LogP contribution >= 0.6 is 0 Å². The van der Waals surface area contributed by atoms with Crippen LogP contribution in [0, 0.1) is 23.7 Å². The Bertz CT molecular complexity index is 1340. The predicted octanol–water partition coefficient (Wildman–Crippen LogP) is 4.87. The van der Waals surface area contributed by atoms with Gasteiger partial charge in [-0.2, -0.15) is 0 Å². The van der Waals surface area contributed by atoms with E-state index < -0.39 is 77.8 Å². The van der Waals surface area contributed by atoms with Crippen molar-refractivity contribution in [3.63, 3.8) is 0 Å². The third-order valence-corrected chi connectivity index (χ3v) is 12.0. The van der Waals surface area contributed by atoms with Crippen LogP contribution in [0.2, 0.25) is 0 Å². The highest BCUT2D eigenvalue weighted by atomic mass is 16.7. The number of hydrogen-bond acceptors (Lipinski definition) is 11. The summed E-state index contributed by atoms with van der Waals surface area (Å²) in [6, 6.07) is -1.10. The van der Waals surface area contributed by atoms with Gasteiger partial charge in [-0.15, -0.1) is 0 Å². The summed E-state index contributed by atoms with van der Waals surface area (Å²) in [6.07, 6.45) is 5.68. The Morgan fingerprint density at radius 1 is 1.00 bits per heavy atom. The van der Waals surface area contributed by atoms with E-state index in [1.54, 1.807) is 13.8 Å². The maximum Gasteiger partial charge on any atom is 0.329 e. The molecule has 0 spiro atoms. The number of hydrogen-bond donors (Lipinski definition) is 2. The maximum absolute atomic E-state index is 14.2. The lowest BCUT2D eigenvalue weighted by Gasteiger charge is -2.47. The Hall–Kier alpha value is -2.48. The molecule has 1 amide bonds. The van der Waals surface area contributed by atoms with Crippen LogP contribution in [0.15, 0.2) is 23.3 Å². The van der Waals surface area contributed by atoms with Crippen LogP contribution in [0.25, 0.3) is 0 Å². The van der Waals surface area contributed by atoms with Gasteiger partial charge in [-0.1, -0.05) is 45.4 Å². The standard InChI is InChI=1S/C41H65NO11/c1-9-29-19-24(2)18-25(3)20-34(49-7)37-35(50-8)22-27(5)41(48,53-37)38(45)39(46)42-16-12-10-15-31(42)40(47)52-36(28(6)32(43)23-33(29)44)26(4)21-30-14-11-13-17-51-30/h19,21,25,27-32,34-37,43,48H,9-18,20,22-23H2,1-8H3/b24-19+,26-21+/t25-,27+,28+,29+,30?,31-,32-,34-,35-,36+,37+,41+/m0/s1. The van der Waals surface area contributed by atoms with E-state index in [0.29, 0.717) is 44.3 Å². The molecule has 12 atom stereocenters. The molecule has 0 aromatic carbocycles. The third-order valence-electron chi connectivity index (χ3n) is 12.0. The van der Waals surface area contributed by atoms with Crippen molar-refractivity contribution in [1.29, 1.82) is 0 Å². The minimum Gasteiger partial charge on any atom is -0.456 e. The van der Waals surface area contributed by atoms with Crippen molar-refractivity contribution in [3.05, 3.63) is 23.3 Å². The summed E-state index contributed by atoms with van der Waals surface area (Å²) in [6.45, 7) is 11.9. The highest BCUT2D eigenvalue weighted by molar-refractivity contribution is 6.39. The number of carbonyl (C=O) groups is 4. The normalized spacial score (nSPS) is 40.4. The molecular formula is C41H65NO11. The van der Waals surface area contributed by atoms with Crippen LogP contribution in [0.5, 0.6) is 0 Å². The third kappa shape index (κ3) is 10.4. The van der Waals surface area contributed by atoms with Gasteiger partial charge in [0.25, 0.3) is 11.7 Å². The van der Waals surface area contributed by atoms with Crippen LogP contribution < -0.4 is 0 Å². The van der Waals surface area contributed by atoms with Crippen molar-refractivity contribution in [1.82, 2.24) is 4.90 Å². The lowest BCUT2D eigenvalue weighted by Crippen LogP contribution is -2.64. The molecule has 0 aliphatic carbocycles. The lowest BCUT2D eigenvalue weighted by atomic mass is 9.82. The van der Waals surface area contributed by atoms with E-state index in [1.165, 1.54) is 19.1 Å². The molecule has 1 unspecified atom stereocenters. The Kier molecular flexibility index (Phi) is 15.8. The number of ketones is 2. The number of nitrogens with zero attached hydrogens (tertiary/aromatic N) is 1. The zero-order valence-corrected chi connectivity index (χ0v) is 33.2. The minimum atomic E-state index is -2.48. The molecule has 4 aliphatic heterocycles. The fourth-order valence-electron chi connectivity index (χ4n) is 8.66. The van der Waals surface area contributed by atoms with Gasteiger partial charge in [0.1, 0.15) is 24.0 Å². The molecule has 300 valence electrons. The molecule has 0 saturated carbocycles. The first-order valence-corrected chi connectivity index (χ1v) is 19.8. The van der Waals surface area contributed by atoms with Crippen LogP contribution in [0.1, 0.15) is 112 Å². The SMILES string of the molecule is CC[C@@H]1/C=C(\C)C[C@H](C)C[C@H](OC)[C@H]2O[C@@](O)(C(=O)C(=O)N3CCCC[C@H]3C(=O)O[C@H](/C(C)=C/C3CCCCO3)[C@H](C)[C@@H](O)CC1=O)[C@H](C)C[C@@H]2OC. The molecular weight excluding hydrogens is 682 g/mol. The van der Waals surface area contributed by atoms with E-state index in [9.17, 15) is 29.4 Å². The largest absolute Gasteiger partial charge is 0.456 e. The number of carbonyl (C=O) groups excluding carboxylic acids is 4. The molecule has 53 heavy (non-hydrogen) atoms. The molecule has 3 fully saturated rings. The highest BCUT2D eigenvalue weighted by Crippen LogP contribution is 2.39. The van der Waals surface area contributed by atoms with Crippen molar-refractivity contribution < 1.29 is 53.1 Å². The Morgan fingerprint density at radius 2 is 1.68 bits per heavy atom. The van der Waals surface area contributed by atoms with Crippen molar-refractivity contribution in [2.75, 3.05) is 27.4 Å². The second-order valence-electron chi connectivity index (χ2n) is 16.1. The molecule has 3 saturated heterocycles. The van der Waals surface area contributed by atoms with Crippen LogP contribution in [0.4, 0.5) is 0 Å². The zero-order chi connectivity index (χ0) is 39.0. The van der Waals surface area contributed by atoms with Crippen LogP contribution in [-0.4, -0.2) is 114 Å². The van der Waals surface area contributed by atoms with Gasteiger partial charge < -0.3 is 38.8 Å². The number of methoxy groups -OCH3 is 2. The smallest absolute Gasteiger partial charge is 0.329 e. The number of fused-ring (bicyclic) bond motifs is 3. The van der Waals surface area contributed by atoms with Gasteiger partial charge in [-0.3, -0.25) is 14.4 Å². The second-order valence-corrected chi connectivity index (χ2v) is 16.1. The second kappa shape index (κ2) is 19.4. The molecule has 4 aliphatic rings. The molecule has 12 heteroatoms. The summed E-state index contributed by atoms with van der Waals surface area (Å²) in [5.74, 6) is -7.30. The number of ether oxygens (including phenoxy) is 5. The van der Waals surface area contributed by atoms with Crippen molar-refractivity contribution in [2.24, 2.45) is 23.7 Å².